The zero-order valence-electron chi connectivity index (χ0n) is 9.44. The summed E-state index contributed by atoms with van der Waals surface area (Å²) in [7, 11) is 0. The van der Waals surface area contributed by atoms with Crippen LogP contribution in [0.2, 0.25) is 0 Å². The van der Waals surface area contributed by atoms with Crippen LogP contribution in [0, 0.1) is 5.41 Å². The molecule has 0 bridgehead atoms. The molecule has 1 aromatic carbocycles. The van der Waals surface area contributed by atoms with Gasteiger partial charge in [-0.3, -0.25) is 4.79 Å². The zero-order chi connectivity index (χ0) is 12.5. The van der Waals surface area contributed by atoms with Crippen LogP contribution in [0.3, 0.4) is 0 Å². The SMILES string of the molecule is Nc1ccc(C(=O)NCC2(CO)CC2)cc1O. The molecule has 5 heteroatoms. The van der Waals surface area contributed by atoms with Crippen molar-refractivity contribution in [3.8, 4) is 5.75 Å². The third-order valence-electron chi connectivity index (χ3n) is 3.21. The van der Waals surface area contributed by atoms with Gasteiger partial charge in [-0.25, -0.2) is 0 Å². The van der Waals surface area contributed by atoms with Crippen LogP contribution in [-0.2, 0) is 0 Å². The van der Waals surface area contributed by atoms with E-state index in [-0.39, 0.29) is 29.4 Å². The van der Waals surface area contributed by atoms with Crippen molar-refractivity contribution in [2.24, 2.45) is 5.41 Å². The largest absolute Gasteiger partial charge is 0.506 e. The topological polar surface area (TPSA) is 95.6 Å². The van der Waals surface area contributed by atoms with E-state index in [1.807, 2.05) is 0 Å². The number of rotatable bonds is 4. The van der Waals surface area contributed by atoms with Gasteiger partial charge in [0.1, 0.15) is 5.75 Å². The summed E-state index contributed by atoms with van der Waals surface area (Å²) in [6.07, 6.45) is 1.88. The Balaban J connectivity index is 1.97. The number of carbonyl (C=O) groups is 1. The molecular weight excluding hydrogens is 220 g/mol. The summed E-state index contributed by atoms with van der Waals surface area (Å²) in [5, 5.41) is 21.3. The van der Waals surface area contributed by atoms with Crippen LogP contribution in [0.5, 0.6) is 5.75 Å². The number of hydrogen-bond donors (Lipinski definition) is 4. The molecule has 5 nitrogen and oxygen atoms in total. The summed E-state index contributed by atoms with van der Waals surface area (Å²) in [5.41, 5.74) is 5.94. The van der Waals surface area contributed by atoms with Crippen molar-refractivity contribution in [2.45, 2.75) is 12.8 Å². The average Bonchev–Trinajstić information content (AvgIpc) is 3.10. The van der Waals surface area contributed by atoms with Crippen LogP contribution in [0.25, 0.3) is 0 Å². The lowest BCUT2D eigenvalue weighted by molar-refractivity contribution is 0.0935. The van der Waals surface area contributed by atoms with Crippen LogP contribution >= 0.6 is 0 Å². The number of nitrogens with one attached hydrogen (secondary N) is 1. The first-order valence-corrected chi connectivity index (χ1v) is 5.54. The van der Waals surface area contributed by atoms with E-state index in [2.05, 4.69) is 5.32 Å². The number of nitrogens with two attached hydrogens (primary N) is 1. The highest BCUT2D eigenvalue weighted by atomic mass is 16.3. The molecule has 1 aliphatic rings. The van der Waals surface area contributed by atoms with Crippen molar-refractivity contribution in [3.63, 3.8) is 0 Å². The second kappa shape index (κ2) is 4.25. The number of aliphatic hydroxyl groups is 1. The molecule has 1 amide bonds. The van der Waals surface area contributed by atoms with Crippen LogP contribution < -0.4 is 11.1 Å². The lowest BCUT2D eigenvalue weighted by Crippen LogP contribution is -2.31. The Labute approximate surface area is 99.3 Å². The van der Waals surface area contributed by atoms with Gasteiger partial charge >= 0.3 is 0 Å². The summed E-state index contributed by atoms with van der Waals surface area (Å²) < 4.78 is 0. The average molecular weight is 236 g/mol. The van der Waals surface area contributed by atoms with Crippen LogP contribution in [0.4, 0.5) is 5.69 Å². The fraction of sp³-hybridized carbons (Fsp3) is 0.417. The van der Waals surface area contributed by atoms with Gasteiger partial charge in [-0.1, -0.05) is 0 Å². The molecule has 1 fully saturated rings. The van der Waals surface area contributed by atoms with Gasteiger partial charge in [0.2, 0.25) is 0 Å². The highest BCUT2D eigenvalue weighted by Crippen LogP contribution is 2.44. The second-order valence-electron chi connectivity index (χ2n) is 4.61. The zero-order valence-corrected chi connectivity index (χ0v) is 9.44. The summed E-state index contributed by atoms with van der Waals surface area (Å²) in [5.74, 6) is -0.360. The Hall–Kier alpha value is -1.75. The molecule has 1 aliphatic carbocycles. The van der Waals surface area contributed by atoms with Crippen molar-refractivity contribution in [3.05, 3.63) is 23.8 Å². The molecule has 0 saturated heterocycles. The smallest absolute Gasteiger partial charge is 0.251 e. The Bertz CT molecular complexity index is 441. The van der Waals surface area contributed by atoms with Crippen LogP contribution in [-0.4, -0.2) is 29.3 Å². The van der Waals surface area contributed by atoms with Crippen molar-refractivity contribution in [2.75, 3.05) is 18.9 Å². The van der Waals surface area contributed by atoms with Gasteiger partial charge < -0.3 is 21.3 Å². The predicted octanol–water partition coefficient (Wildman–Crippen LogP) is 0.477. The van der Waals surface area contributed by atoms with Crippen molar-refractivity contribution in [1.82, 2.24) is 5.32 Å². The van der Waals surface area contributed by atoms with E-state index in [0.29, 0.717) is 12.1 Å². The third kappa shape index (κ3) is 2.50. The summed E-state index contributed by atoms with van der Waals surface area (Å²) in [6, 6.07) is 4.38. The Morgan fingerprint density at radius 1 is 1.47 bits per heavy atom. The molecule has 17 heavy (non-hydrogen) atoms. The summed E-state index contributed by atoms with van der Waals surface area (Å²) in [6.45, 7) is 0.563. The number of phenols is 1. The molecule has 0 aromatic heterocycles. The molecular formula is C12H16N2O3. The number of hydrogen-bond acceptors (Lipinski definition) is 4. The van der Waals surface area contributed by atoms with Gasteiger partial charge in [-0.05, 0) is 31.0 Å². The second-order valence-corrected chi connectivity index (χ2v) is 4.61. The number of aromatic hydroxyl groups is 1. The van der Waals surface area contributed by atoms with Crippen LogP contribution in [0.15, 0.2) is 18.2 Å². The first kappa shape index (κ1) is 11.7. The normalized spacial score (nSPS) is 16.5. The first-order chi connectivity index (χ1) is 8.06. The van der Waals surface area contributed by atoms with E-state index in [9.17, 15) is 9.90 Å². The molecule has 2 rings (SSSR count). The fourth-order valence-electron chi connectivity index (χ4n) is 1.62. The molecule has 92 valence electrons. The van der Waals surface area contributed by atoms with Gasteiger partial charge in [0.15, 0.2) is 0 Å². The monoisotopic (exact) mass is 236 g/mol. The number of carbonyl (C=O) groups excluding carboxylic acids is 1. The fourth-order valence-corrected chi connectivity index (χ4v) is 1.62. The van der Waals surface area contributed by atoms with Crippen molar-refractivity contribution >= 4 is 11.6 Å². The van der Waals surface area contributed by atoms with Gasteiger partial charge in [-0.15, -0.1) is 0 Å². The Kier molecular flexibility index (Phi) is 2.93. The van der Waals surface area contributed by atoms with E-state index in [0.717, 1.165) is 12.8 Å². The third-order valence-corrected chi connectivity index (χ3v) is 3.21. The van der Waals surface area contributed by atoms with E-state index < -0.39 is 0 Å². The number of nitrogen functional groups attached to an aromatic ring is 1. The Morgan fingerprint density at radius 3 is 2.71 bits per heavy atom. The molecule has 0 unspecified atom stereocenters. The van der Waals surface area contributed by atoms with Gasteiger partial charge in [0, 0.05) is 17.5 Å². The number of phenolic OH excluding ortho intramolecular Hbond substituents is 1. The predicted molar refractivity (Wildman–Crippen MR) is 63.6 cm³/mol. The maximum absolute atomic E-state index is 11.8. The number of anilines is 1. The van der Waals surface area contributed by atoms with E-state index in [4.69, 9.17) is 10.8 Å². The highest BCUT2D eigenvalue weighted by molar-refractivity contribution is 5.95. The number of benzene rings is 1. The van der Waals surface area contributed by atoms with E-state index in [1.54, 1.807) is 6.07 Å². The minimum Gasteiger partial charge on any atom is -0.506 e. The quantitative estimate of drug-likeness (QED) is 0.451. The van der Waals surface area contributed by atoms with Crippen molar-refractivity contribution < 1.29 is 15.0 Å². The lowest BCUT2D eigenvalue weighted by atomic mass is 10.1. The van der Waals surface area contributed by atoms with Gasteiger partial charge in [0.05, 0.1) is 12.3 Å². The molecule has 0 aliphatic heterocycles. The number of amides is 1. The summed E-state index contributed by atoms with van der Waals surface area (Å²) >= 11 is 0. The van der Waals surface area contributed by atoms with E-state index in [1.165, 1.54) is 12.1 Å². The number of aliphatic hydroxyl groups excluding tert-OH is 1. The summed E-state index contributed by atoms with van der Waals surface area (Å²) in [4.78, 5) is 11.8. The van der Waals surface area contributed by atoms with Gasteiger partial charge in [0.25, 0.3) is 5.91 Å². The van der Waals surface area contributed by atoms with E-state index >= 15 is 0 Å². The molecule has 1 aromatic rings. The maximum Gasteiger partial charge on any atom is 0.251 e. The highest BCUT2D eigenvalue weighted by Gasteiger charge is 2.42. The Morgan fingerprint density at radius 2 is 2.18 bits per heavy atom. The molecule has 1 saturated carbocycles. The molecule has 5 N–H and O–H groups in total. The maximum atomic E-state index is 11.8. The first-order valence-electron chi connectivity index (χ1n) is 5.54. The molecule has 0 heterocycles. The molecule has 0 radical (unpaired) electrons. The standard InChI is InChI=1S/C12H16N2O3/c13-9-2-1-8(5-10(9)16)11(17)14-6-12(7-15)3-4-12/h1-2,5,15-16H,3-4,6-7,13H2,(H,14,17). The van der Waals surface area contributed by atoms with Gasteiger partial charge in [-0.2, -0.15) is 0 Å². The minimum absolute atomic E-state index is 0.0963. The molecule has 0 spiro atoms. The molecule has 0 atom stereocenters. The minimum atomic E-state index is -0.264. The van der Waals surface area contributed by atoms with Crippen molar-refractivity contribution in [1.29, 1.82) is 0 Å². The van der Waals surface area contributed by atoms with Crippen LogP contribution in [0.1, 0.15) is 23.2 Å². The lowest BCUT2D eigenvalue weighted by Gasteiger charge is -2.12.